The quantitative estimate of drug-likeness (QED) is 0.251. The Morgan fingerprint density at radius 3 is 1.47 bits per heavy atom. The fourth-order valence-corrected chi connectivity index (χ4v) is 4.00. The predicted octanol–water partition coefficient (Wildman–Crippen LogP) is 5.42. The van der Waals surface area contributed by atoms with Gasteiger partial charge < -0.3 is 9.62 Å². The molecule has 0 unspecified atom stereocenters. The number of pyridine rings is 4. The molecule has 4 aromatic heterocycles. The van der Waals surface area contributed by atoms with Gasteiger partial charge in [0.25, 0.3) is 0 Å². The zero-order valence-corrected chi connectivity index (χ0v) is 20.4. The Hall–Kier alpha value is -3.87. The van der Waals surface area contributed by atoms with Crippen LogP contribution in [0.5, 0.6) is 0 Å². The third kappa shape index (κ3) is 4.09. The minimum atomic E-state index is 0. The molecule has 0 atom stereocenters. The molecule has 0 spiro atoms. The summed E-state index contributed by atoms with van der Waals surface area (Å²) in [5.74, 6) is 1.66. The second kappa shape index (κ2) is 9.55. The van der Waals surface area contributed by atoms with Crippen molar-refractivity contribution < 1.29 is 20.1 Å². The van der Waals surface area contributed by atoms with E-state index in [4.69, 9.17) is 0 Å². The van der Waals surface area contributed by atoms with Crippen LogP contribution in [0.3, 0.4) is 0 Å². The van der Waals surface area contributed by atoms with Crippen LogP contribution >= 0.6 is 0 Å². The SMILES string of the molecule is [B]1N(c2cc(-c3cccnc3)ccn2)c2ccccc2N1c1cc(-c2cccnc2)ccn1.[Ir]. The van der Waals surface area contributed by atoms with Crippen LogP contribution in [0, 0.1) is 0 Å². The number of hydrogen-bond donors (Lipinski definition) is 0. The van der Waals surface area contributed by atoms with Gasteiger partial charge in [-0.2, -0.15) is 0 Å². The molecule has 0 fully saturated rings. The normalized spacial score (nSPS) is 12.0. The van der Waals surface area contributed by atoms with E-state index < -0.39 is 0 Å². The van der Waals surface area contributed by atoms with Crippen LogP contribution in [0.2, 0.25) is 0 Å². The molecule has 164 valence electrons. The molecule has 1 aromatic carbocycles. The van der Waals surface area contributed by atoms with Crippen LogP contribution in [0.15, 0.2) is 110 Å². The summed E-state index contributed by atoms with van der Waals surface area (Å²) in [5.41, 5.74) is 6.32. The molecule has 5 aromatic rings. The third-order valence-corrected chi connectivity index (χ3v) is 5.61. The van der Waals surface area contributed by atoms with Crippen LogP contribution in [0.4, 0.5) is 23.0 Å². The van der Waals surface area contributed by atoms with Gasteiger partial charge in [-0.3, -0.25) is 9.97 Å². The van der Waals surface area contributed by atoms with Gasteiger partial charge in [0.2, 0.25) is 0 Å². The topological polar surface area (TPSA) is 58.0 Å². The molecule has 1 aliphatic heterocycles. The van der Waals surface area contributed by atoms with Gasteiger partial charge in [0, 0.05) is 68.4 Å². The molecule has 0 aliphatic carbocycles. The van der Waals surface area contributed by atoms with Crippen molar-refractivity contribution in [1.29, 1.82) is 0 Å². The molecule has 34 heavy (non-hydrogen) atoms. The number of fused-ring (bicyclic) bond motifs is 1. The second-order valence-corrected chi connectivity index (χ2v) is 7.63. The van der Waals surface area contributed by atoms with E-state index in [1.165, 1.54) is 0 Å². The van der Waals surface area contributed by atoms with Crippen LogP contribution in [0.1, 0.15) is 0 Å². The Labute approximate surface area is 212 Å². The minimum Gasteiger partial charge on any atom is -0.351 e. The molecular formula is C26H18BIrN6. The maximum atomic E-state index is 4.66. The Bertz CT molecular complexity index is 1310. The average molecular weight is 618 g/mol. The summed E-state index contributed by atoms with van der Waals surface area (Å²) in [7, 11) is 2.04. The van der Waals surface area contributed by atoms with Gasteiger partial charge in [0.1, 0.15) is 11.6 Å². The molecule has 0 bridgehead atoms. The maximum Gasteiger partial charge on any atom is 0.403 e. The smallest absolute Gasteiger partial charge is 0.351 e. The van der Waals surface area contributed by atoms with Crippen molar-refractivity contribution in [2.45, 2.75) is 0 Å². The molecule has 0 amide bonds. The molecule has 2 radical (unpaired) electrons. The zero-order valence-electron chi connectivity index (χ0n) is 18.0. The third-order valence-electron chi connectivity index (χ3n) is 5.61. The van der Waals surface area contributed by atoms with Crippen molar-refractivity contribution in [2.24, 2.45) is 0 Å². The summed E-state index contributed by atoms with van der Waals surface area (Å²) in [4.78, 5) is 22.0. The van der Waals surface area contributed by atoms with Crippen LogP contribution in [-0.2, 0) is 20.1 Å². The standard InChI is InChI=1S/C26H18BN6.Ir/c1-2-8-24-23(7-1)32(25-15-19(9-13-30-25)21-5-3-11-28-17-21)27-33(24)26-16-20(10-14-31-26)22-6-4-12-29-18-22;/h1-18H;. The van der Waals surface area contributed by atoms with E-state index in [0.29, 0.717) is 0 Å². The van der Waals surface area contributed by atoms with E-state index in [9.17, 15) is 0 Å². The van der Waals surface area contributed by atoms with E-state index in [2.05, 4.69) is 53.8 Å². The van der Waals surface area contributed by atoms with Gasteiger partial charge in [-0.15, -0.1) is 0 Å². The first-order valence-corrected chi connectivity index (χ1v) is 10.6. The van der Waals surface area contributed by atoms with E-state index in [1.54, 1.807) is 12.4 Å². The second-order valence-electron chi connectivity index (χ2n) is 7.63. The van der Waals surface area contributed by atoms with Crippen LogP contribution < -0.4 is 9.62 Å². The molecular weight excluding hydrogens is 599 g/mol. The van der Waals surface area contributed by atoms with E-state index in [-0.39, 0.29) is 20.1 Å². The molecule has 0 saturated carbocycles. The van der Waals surface area contributed by atoms with Crippen molar-refractivity contribution in [1.82, 2.24) is 19.9 Å². The molecule has 1 aliphatic rings. The van der Waals surface area contributed by atoms with Gasteiger partial charge in [0.15, 0.2) is 0 Å². The number of benzene rings is 1. The van der Waals surface area contributed by atoms with Crippen molar-refractivity contribution in [2.75, 3.05) is 9.62 Å². The number of para-hydroxylation sites is 2. The van der Waals surface area contributed by atoms with Crippen molar-refractivity contribution in [3.63, 3.8) is 0 Å². The Morgan fingerprint density at radius 2 is 1.03 bits per heavy atom. The molecule has 8 heteroatoms. The molecule has 6 nitrogen and oxygen atoms in total. The first kappa shape index (κ1) is 22.0. The van der Waals surface area contributed by atoms with Crippen molar-refractivity contribution in [3.05, 3.63) is 110 Å². The van der Waals surface area contributed by atoms with Crippen molar-refractivity contribution in [3.8, 4) is 22.3 Å². The van der Waals surface area contributed by atoms with Gasteiger partial charge in [-0.25, -0.2) is 9.97 Å². The Balaban J connectivity index is 0.00000241. The molecule has 6 rings (SSSR count). The van der Waals surface area contributed by atoms with Gasteiger partial charge in [-0.05, 0) is 59.7 Å². The summed E-state index contributed by atoms with van der Waals surface area (Å²) in [6, 6.07) is 24.4. The summed E-state index contributed by atoms with van der Waals surface area (Å²) in [6.07, 6.45) is 10.9. The first-order valence-electron chi connectivity index (χ1n) is 10.6. The van der Waals surface area contributed by atoms with Gasteiger partial charge in [-0.1, -0.05) is 24.3 Å². The first-order chi connectivity index (χ1) is 16.4. The van der Waals surface area contributed by atoms with Crippen LogP contribution in [-0.4, -0.2) is 27.5 Å². The molecule has 0 saturated heterocycles. The minimum absolute atomic E-state index is 0. The summed E-state index contributed by atoms with van der Waals surface area (Å²) in [5, 5.41) is 0. The molecule has 5 heterocycles. The monoisotopic (exact) mass is 618 g/mol. The van der Waals surface area contributed by atoms with Gasteiger partial charge in [0.05, 0.1) is 11.4 Å². The largest absolute Gasteiger partial charge is 0.403 e. The number of nitrogens with zero attached hydrogens (tertiary/aromatic N) is 6. The van der Waals surface area contributed by atoms with E-state index in [1.807, 2.05) is 80.9 Å². The van der Waals surface area contributed by atoms with E-state index in [0.717, 1.165) is 45.3 Å². The summed E-state index contributed by atoms with van der Waals surface area (Å²) < 4.78 is 0. The Kier molecular flexibility index (Phi) is 6.17. The Morgan fingerprint density at radius 1 is 0.529 bits per heavy atom. The fourth-order valence-electron chi connectivity index (χ4n) is 4.00. The number of anilines is 4. The van der Waals surface area contributed by atoms with Gasteiger partial charge >= 0.3 is 7.55 Å². The predicted molar refractivity (Wildman–Crippen MR) is 131 cm³/mol. The van der Waals surface area contributed by atoms with E-state index >= 15 is 0 Å². The summed E-state index contributed by atoms with van der Waals surface area (Å²) in [6.45, 7) is 0. The fraction of sp³-hybridized carbons (Fsp3) is 0. The number of rotatable bonds is 4. The summed E-state index contributed by atoms with van der Waals surface area (Å²) >= 11 is 0. The molecule has 0 N–H and O–H groups in total. The number of hydrogen-bond acceptors (Lipinski definition) is 6. The number of aromatic nitrogens is 4. The maximum absolute atomic E-state index is 4.66. The van der Waals surface area contributed by atoms with Crippen molar-refractivity contribution >= 4 is 30.6 Å². The zero-order chi connectivity index (χ0) is 22.0. The average Bonchev–Trinajstić information content (AvgIpc) is 3.30. The van der Waals surface area contributed by atoms with Crippen LogP contribution in [0.25, 0.3) is 22.3 Å².